The molecule has 4 rings (SSSR count). The largest absolute Gasteiger partial charge is 0.497 e. The van der Waals surface area contributed by atoms with Gasteiger partial charge in [0.25, 0.3) is 5.91 Å². The predicted molar refractivity (Wildman–Crippen MR) is 127 cm³/mol. The molecule has 0 bridgehead atoms. The normalized spacial score (nSPS) is 13.3. The fourth-order valence-electron chi connectivity index (χ4n) is 3.62. The minimum Gasteiger partial charge on any atom is -0.497 e. The molecule has 0 saturated carbocycles. The van der Waals surface area contributed by atoms with Gasteiger partial charge >= 0.3 is 0 Å². The number of amides is 1. The first kappa shape index (κ1) is 20.8. The number of methoxy groups -OCH3 is 1. The second kappa shape index (κ2) is 9.58. The van der Waals surface area contributed by atoms with Gasteiger partial charge in [-0.15, -0.1) is 11.3 Å². The van der Waals surface area contributed by atoms with E-state index in [1.807, 2.05) is 48.5 Å². The molecule has 0 aliphatic heterocycles. The van der Waals surface area contributed by atoms with Gasteiger partial charge in [0.15, 0.2) is 0 Å². The Morgan fingerprint density at radius 3 is 2.80 bits per heavy atom. The smallest absolute Gasteiger partial charge is 0.254 e. The lowest BCUT2D eigenvalue weighted by Crippen LogP contribution is -2.24. The zero-order chi connectivity index (χ0) is 20.9. The lowest BCUT2D eigenvalue weighted by atomic mass is 9.95. The standard InChI is InChI=1S/C24H23BrN2O2S/c1-29-18-11-12-20(25)17(13-18)15-27-24-22(19-9-5-6-10-21(19)30-24)23(28)26-14-16-7-3-2-4-8-16/h2-4,7-8,11-13,15H,5-6,9-10,14H2,1H3,(H,26,28). The van der Waals surface area contributed by atoms with Crippen LogP contribution < -0.4 is 10.1 Å². The van der Waals surface area contributed by atoms with Crippen molar-refractivity contribution in [1.82, 2.24) is 5.32 Å². The number of carbonyl (C=O) groups excluding carboxylic acids is 1. The van der Waals surface area contributed by atoms with Crippen LogP contribution in [0.5, 0.6) is 5.75 Å². The van der Waals surface area contributed by atoms with Crippen molar-refractivity contribution in [3.05, 3.63) is 80.1 Å². The summed E-state index contributed by atoms with van der Waals surface area (Å²) < 4.78 is 6.25. The maximum Gasteiger partial charge on any atom is 0.254 e. The van der Waals surface area contributed by atoms with Gasteiger partial charge in [-0.05, 0) is 55.0 Å². The third-order valence-electron chi connectivity index (χ3n) is 5.20. The van der Waals surface area contributed by atoms with Gasteiger partial charge in [0.2, 0.25) is 0 Å². The van der Waals surface area contributed by atoms with Crippen LogP contribution >= 0.6 is 27.3 Å². The van der Waals surface area contributed by atoms with Gasteiger partial charge in [-0.3, -0.25) is 4.79 Å². The number of carbonyl (C=O) groups is 1. The Kier molecular flexibility index (Phi) is 6.65. The molecule has 6 heteroatoms. The van der Waals surface area contributed by atoms with Crippen LogP contribution in [-0.2, 0) is 19.4 Å². The molecule has 0 spiro atoms. The number of hydrogen-bond donors (Lipinski definition) is 1. The molecular formula is C24H23BrN2O2S. The van der Waals surface area contributed by atoms with E-state index in [9.17, 15) is 4.79 Å². The van der Waals surface area contributed by atoms with Gasteiger partial charge in [-0.2, -0.15) is 0 Å². The summed E-state index contributed by atoms with van der Waals surface area (Å²) >= 11 is 5.21. The van der Waals surface area contributed by atoms with Crippen molar-refractivity contribution >= 4 is 44.4 Å². The van der Waals surface area contributed by atoms with Gasteiger partial charge in [0, 0.05) is 27.7 Å². The Bertz CT molecular complexity index is 1080. The Balaban J connectivity index is 1.63. The van der Waals surface area contributed by atoms with Crippen LogP contribution in [-0.4, -0.2) is 19.2 Å². The highest BCUT2D eigenvalue weighted by molar-refractivity contribution is 9.10. The molecule has 30 heavy (non-hydrogen) atoms. The maximum absolute atomic E-state index is 13.1. The minimum absolute atomic E-state index is 0.0462. The second-order valence-corrected chi connectivity index (χ2v) is 9.14. The SMILES string of the molecule is COc1ccc(Br)c(C=Nc2sc3c(c2C(=O)NCc2ccccc2)CCCC3)c1. The summed E-state index contributed by atoms with van der Waals surface area (Å²) in [6, 6.07) is 15.7. The molecule has 1 heterocycles. The summed E-state index contributed by atoms with van der Waals surface area (Å²) in [7, 11) is 1.65. The zero-order valence-corrected chi connectivity index (χ0v) is 19.2. The number of nitrogens with zero attached hydrogens (tertiary/aromatic N) is 1. The summed E-state index contributed by atoms with van der Waals surface area (Å²) in [5.41, 5.74) is 3.91. The van der Waals surface area contributed by atoms with E-state index in [1.54, 1.807) is 24.7 Å². The summed E-state index contributed by atoms with van der Waals surface area (Å²) in [6.45, 7) is 0.509. The van der Waals surface area contributed by atoms with Crippen molar-refractivity contribution in [3.8, 4) is 5.75 Å². The van der Waals surface area contributed by atoms with Gasteiger partial charge in [-0.25, -0.2) is 4.99 Å². The molecule has 4 nitrogen and oxygen atoms in total. The molecule has 0 saturated heterocycles. The number of aryl methyl sites for hydroxylation is 1. The number of ether oxygens (including phenoxy) is 1. The van der Waals surface area contributed by atoms with Gasteiger partial charge in [-0.1, -0.05) is 46.3 Å². The number of benzene rings is 2. The molecule has 0 unspecified atom stereocenters. The van der Waals surface area contributed by atoms with E-state index in [-0.39, 0.29) is 5.91 Å². The average molecular weight is 483 g/mol. The van der Waals surface area contributed by atoms with E-state index in [0.29, 0.717) is 6.54 Å². The molecular weight excluding hydrogens is 460 g/mol. The number of fused-ring (bicyclic) bond motifs is 1. The van der Waals surface area contributed by atoms with E-state index >= 15 is 0 Å². The molecule has 154 valence electrons. The summed E-state index contributed by atoms with van der Waals surface area (Å²) in [4.78, 5) is 19.2. The Hall–Kier alpha value is -2.44. The zero-order valence-electron chi connectivity index (χ0n) is 16.8. The van der Waals surface area contributed by atoms with E-state index in [4.69, 9.17) is 9.73 Å². The Morgan fingerprint density at radius 1 is 1.20 bits per heavy atom. The van der Waals surface area contributed by atoms with Crippen LogP contribution in [0.3, 0.4) is 0 Å². The highest BCUT2D eigenvalue weighted by Crippen LogP contribution is 2.40. The molecule has 0 atom stereocenters. The highest BCUT2D eigenvalue weighted by atomic mass is 79.9. The van der Waals surface area contributed by atoms with Gasteiger partial charge < -0.3 is 10.1 Å². The summed E-state index contributed by atoms with van der Waals surface area (Å²) in [5.74, 6) is 0.723. The molecule has 0 fully saturated rings. The molecule has 3 aromatic rings. The fraction of sp³-hybridized carbons (Fsp3) is 0.250. The first-order valence-electron chi connectivity index (χ1n) is 10.00. The van der Waals surface area contributed by atoms with Crippen molar-refractivity contribution in [1.29, 1.82) is 0 Å². The lowest BCUT2D eigenvalue weighted by Gasteiger charge is -2.12. The molecule has 1 aliphatic rings. The molecule has 2 aromatic carbocycles. The minimum atomic E-state index is -0.0462. The molecule has 1 aliphatic carbocycles. The van der Waals surface area contributed by atoms with Crippen LogP contribution in [0.1, 0.15) is 44.8 Å². The Morgan fingerprint density at radius 2 is 2.00 bits per heavy atom. The van der Waals surface area contributed by atoms with Crippen molar-refractivity contribution in [3.63, 3.8) is 0 Å². The number of hydrogen-bond acceptors (Lipinski definition) is 4. The van der Waals surface area contributed by atoms with Crippen LogP contribution in [0.4, 0.5) is 5.00 Å². The van der Waals surface area contributed by atoms with E-state index in [1.165, 1.54) is 16.9 Å². The monoisotopic (exact) mass is 482 g/mol. The molecule has 1 N–H and O–H groups in total. The number of rotatable bonds is 6. The van der Waals surface area contributed by atoms with Crippen LogP contribution in [0.15, 0.2) is 58.0 Å². The van der Waals surface area contributed by atoms with Crippen LogP contribution in [0.2, 0.25) is 0 Å². The van der Waals surface area contributed by atoms with Gasteiger partial charge in [0.05, 0.1) is 12.7 Å². The quantitative estimate of drug-likeness (QED) is 0.432. The van der Waals surface area contributed by atoms with Crippen molar-refractivity contribution in [2.45, 2.75) is 32.2 Å². The van der Waals surface area contributed by atoms with Gasteiger partial charge in [0.1, 0.15) is 10.8 Å². The fourth-order valence-corrected chi connectivity index (χ4v) is 5.20. The van der Waals surface area contributed by atoms with Crippen molar-refractivity contribution < 1.29 is 9.53 Å². The van der Waals surface area contributed by atoms with Crippen LogP contribution in [0.25, 0.3) is 0 Å². The third kappa shape index (κ3) is 4.65. The first-order valence-corrected chi connectivity index (χ1v) is 11.6. The number of thiophene rings is 1. The number of halogens is 1. The predicted octanol–water partition coefficient (Wildman–Crippen LogP) is 6.08. The second-order valence-electron chi connectivity index (χ2n) is 7.20. The lowest BCUT2D eigenvalue weighted by molar-refractivity contribution is 0.0951. The maximum atomic E-state index is 13.1. The summed E-state index contributed by atoms with van der Waals surface area (Å²) in [6.07, 6.45) is 6.06. The van der Waals surface area contributed by atoms with Crippen LogP contribution in [0, 0.1) is 0 Å². The highest BCUT2D eigenvalue weighted by Gasteiger charge is 2.25. The van der Waals surface area contributed by atoms with E-state index in [0.717, 1.165) is 51.2 Å². The molecule has 1 amide bonds. The summed E-state index contributed by atoms with van der Waals surface area (Å²) in [5, 5.41) is 3.86. The average Bonchev–Trinajstić information content (AvgIpc) is 3.16. The third-order valence-corrected chi connectivity index (χ3v) is 7.12. The first-order chi connectivity index (χ1) is 14.7. The number of nitrogens with one attached hydrogen (secondary N) is 1. The van der Waals surface area contributed by atoms with E-state index in [2.05, 4.69) is 21.2 Å². The topological polar surface area (TPSA) is 50.7 Å². The molecule has 0 radical (unpaired) electrons. The van der Waals surface area contributed by atoms with Crippen molar-refractivity contribution in [2.75, 3.05) is 7.11 Å². The number of aliphatic imine (C=N–C) groups is 1. The molecule has 1 aromatic heterocycles. The van der Waals surface area contributed by atoms with Crippen molar-refractivity contribution in [2.24, 2.45) is 4.99 Å². The Labute approximate surface area is 189 Å². The van der Waals surface area contributed by atoms with E-state index < -0.39 is 0 Å².